The molecule has 1 unspecified atom stereocenters. The first-order valence-corrected chi connectivity index (χ1v) is 3.73. The predicted octanol–water partition coefficient (Wildman–Crippen LogP) is -0.0825. The molecule has 0 spiro atoms. The van der Waals surface area contributed by atoms with Crippen molar-refractivity contribution in [3.63, 3.8) is 0 Å². The fourth-order valence-electron chi connectivity index (χ4n) is 1.02. The number of hydrogen-bond acceptors (Lipinski definition) is 3. The third-order valence-corrected chi connectivity index (χ3v) is 1.49. The molecule has 66 valence electrons. The van der Waals surface area contributed by atoms with Crippen molar-refractivity contribution in [2.45, 2.75) is 38.7 Å². The van der Waals surface area contributed by atoms with Gasteiger partial charge in [-0.1, -0.05) is 13.3 Å². The maximum Gasteiger partial charge on any atom is 0.236 e. The van der Waals surface area contributed by atoms with Crippen molar-refractivity contribution in [2.24, 2.45) is 5.84 Å². The number of nitrogens with one attached hydrogen (secondary N) is 1. The van der Waals surface area contributed by atoms with Crippen LogP contribution in [0.2, 0.25) is 0 Å². The predicted molar refractivity (Wildman–Crippen MR) is 42.5 cm³/mol. The Kier molecular flexibility index (Phi) is 4.07. The fourth-order valence-corrected chi connectivity index (χ4v) is 1.02. The molecule has 0 aromatic rings. The van der Waals surface area contributed by atoms with E-state index in [0.717, 1.165) is 6.42 Å². The Bertz CT molecular complexity index is 134. The van der Waals surface area contributed by atoms with Gasteiger partial charge in [0.25, 0.3) is 0 Å². The van der Waals surface area contributed by atoms with Crippen LogP contribution in [0.15, 0.2) is 0 Å². The normalized spacial score (nSPS) is 15.6. The van der Waals surface area contributed by atoms with Crippen LogP contribution >= 0.6 is 0 Å². The molecular formula is C7H16N2O2. The van der Waals surface area contributed by atoms with Gasteiger partial charge in [-0.15, -0.1) is 0 Å². The van der Waals surface area contributed by atoms with Crippen LogP contribution < -0.4 is 11.3 Å². The molecule has 0 saturated heterocycles. The number of rotatable bonds is 4. The zero-order valence-corrected chi connectivity index (χ0v) is 7.05. The molecule has 0 fully saturated rings. The molecule has 0 aliphatic rings. The zero-order chi connectivity index (χ0) is 8.91. The summed E-state index contributed by atoms with van der Waals surface area (Å²) in [5.41, 5.74) is 1.06. The summed E-state index contributed by atoms with van der Waals surface area (Å²) in [6, 6.07) is 0. The van der Waals surface area contributed by atoms with E-state index in [1.165, 1.54) is 0 Å². The van der Waals surface area contributed by atoms with E-state index in [2.05, 4.69) is 0 Å². The SMILES string of the molecule is CCCC(C)(O)CC(=O)NN. The van der Waals surface area contributed by atoms with E-state index in [9.17, 15) is 9.90 Å². The van der Waals surface area contributed by atoms with Crippen molar-refractivity contribution in [3.05, 3.63) is 0 Å². The molecule has 0 saturated carbocycles. The Morgan fingerprint density at radius 1 is 1.73 bits per heavy atom. The van der Waals surface area contributed by atoms with Gasteiger partial charge in [-0.2, -0.15) is 0 Å². The van der Waals surface area contributed by atoms with Gasteiger partial charge in [0.15, 0.2) is 0 Å². The smallest absolute Gasteiger partial charge is 0.236 e. The molecule has 0 heterocycles. The van der Waals surface area contributed by atoms with Crippen molar-refractivity contribution >= 4 is 5.91 Å². The Hall–Kier alpha value is -0.610. The standard InChI is InChI=1S/C7H16N2O2/c1-3-4-7(2,11)5-6(10)9-8/h11H,3-5,8H2,1-2H3,(H,9,10). The quantitative estimate of drug-likeness (QED) is 0.306. The maximum absolute atomic E-state index is 10.7. The van der Waals surface area contributed by atoms with Crippen LogP contribution in [0.5, 0.6) is 0 Å². The largest absolute Gasteiger partial charge is 0.390 e. The van der Waals surface area contributed by atoms with Crippen molar-refractivity contribution in [1.82, 2.24) is 5.43 Å². The van der Waals surface area contributed by atoms with E-state index in [-0.39, 0.29) is 12.3 Å². The number of aliphatic hydroxyl groups is 1. The van der Waals surface area contributed by atoms with Crippen LogP contribution in [-0.4, -0.2) is 16.6 Å². The molecule has 0 aliphatic carbocycles. The Morgan fingerprint density at radius 3 is 2.64 bits per heavy atom. The van der Waals surface area contributed by atoms with Crippen LogP contribution in [-0.2, 0) is 4.79 Å². The van der Waals surface area contributed by atoms with Gasteiger partial charge in [0, 0.05) is 0 Å². The molecule has 0 aromatic heterocycles. The first-order valence-electron chi connectivity index (χ1n) is 3.73. The second-order valence-corrected chi connectivity index (χ2v) is 2.99. The summed E-state index contributed by atoms with van der Waals surface area (Å²) in [5.74, 6) is 4.53. The molecule has 0 bridgehead atoms. The van der Waals surface area contributed by atoms with E-state index in [1.807, 2.05) is 12.3 Å². The van der Waals surface area contributed by atoms with Gasteiger partial charge in [-0.25, -0.2) is 5.84 Å². The third kappa shape index (κ3) is 4.75. The minimum atomic E-state index is -0.918. The van der Waals surface area contributed by atoms with Gasteiger partial charge < -0.3 is 5.11 Å². The van der Waals surface area contributed by atoms with Crippen LogP contribution in [0.4, 0.5) is 0 Å². The molecular weight excluding hydrogens is 144 g/mol. The van der Waals surface area contributed by atoms with Gasteiger partial charge in [0.2, 0.25) is 5.91 Å². The van der Waals surface area contributed by atoms with Crippen LogP contribution in [0.1, 0.15) is 33.1 Å². The first kappa shape index (κ1) is 10.4. The third-order valence-electron chi connectivity index (χ3n) is 1.49. The lowest BCUT2D eigenvalue weighted by atomic mass is 9.96. The van der Waals surface area contributed by atoms with Crippen LogP contribution in [0.25, 0.3) is 0 Å². The summed E-state index contributed by atoms with van der Waals surface area (Å²) in [4.78, 5) is 10.7. The van der Waals surface area contributed by atoms with Crippen LogP contribution in [0, 0.1) is 0 Å². The van der Waals surface area contributed by atoms with Crippen molar-refractivity contribution in [1.29, 1.82) is 0 Å². The second-order valence-electron chi connectivity index (χ2n) is 2.99. The molecule has 4 heteroatoms. The lowest BCUT2D eigenvalue weighted by Gasteiger charge is -2.20. The maximum atomic E-state index is 10.7. The molecule has 0 rings (SSSR count). The molecule has 0 aliphatic heterocycles. The highest BCUT2D eigenvalue weighted by molar-refractivity contribution is 5.76. The monoisotopic (exact) mass is 160 g/mol. The minimum absolute atomic E-state index is 0.0668. The van der Waals surface area contributed by atoms with Crippen molar-refractivity contribution < 1.29 is 9.90 Å². The van der Waals surface area contributed by atoms with E-state index >= 15 is 0 Å². The van der Waals surface area contributed by atoms with Crippen molar-refractivity contribution in [2.75, 3.05) is 0 Å². The molecule has 0 aromatic carbocycles. The number of amides is 1. The summed E-state index contributed by atoms with van der Waals surface area (Å²) in [7, 11) is 0. The summed E-state index contributed by atoms with van der Waals surface area (Å²) in [5, 5.41) is 9.50. The highest BCUT2D eigenvalue weighted by Crippen LogP contribution is 2.15. The number of hydrogen-bond donors (Lipinski definition) is 3. The van der Waals surface area contributed by atoms with Gasteiger partial charge in [0.1, 0.15) is 0 Å². The summed E-state index contributed by atoms with van der Waals surface area (Å²) in [6.45, 7) is 3.58. The van der Waals surface area contributed by atoms with Gasteiger partial charge in [-0.3, -0.25) is 10.2 Å². The first-order chi connectivity index (χ1) is 5.02. The molecule has 11 heavy (non-hydrogen) atoms. The Labute approximate surface area is 66.7 Å². The summed E-state index contributed by atoms with van der Waals surface area (Å²) in [6.07, 6.45) is 1.53. The number of nitrogens with two attached hydrogens (primary N) is 1. The molecule has 1 atom stereocenters. The van der Waals surface area contributed by atoms with E-state index in [4.69, 9.17) is 5.84 Å². The number of carbonyl (C=O) groups is 1. The molecule has 4 nitrogen and oxygen atoms in total. The van der Waals surface area contributed by atoms with Gasteiger partial charge in [0.05, 0.1) is 12.0 Å². The molecule has 1 amide bonds. The average Bonchev–Trinajstić information content (AvgIpc) is 1.86. The average molecular weight is 160 g/mol. The van der Waals surface area contributed by atoms with E-state index in [1.54, 1.807) is 6.92 Å². The lowest BCUT2D eigenvalue weighted by molar-refractivity contribution is -0.125. The summed E-state index contributed by atoms with van der Waals surface area (Å²) < 4.78 is 0. The second kappa shape index (κ2) is 4.31. The van der Waals surface area contributed by atoms with Crippen molar-refractivity contribution in [3.8, 4) is 0 Å². The fraction of sp³-hybridized carbons (Fsp3) is 0.857. The molecule has 0 radical (unpaired) electrons. The number of hydrazine groups is 1. The topological polar surface area (TPSA) is 75.3 Å². The van der Waals surface area contributed by atoms with Crippen LogP contribution in [0.3, 0.4) is 0 Å². The summed E-state index contributed by atoms with van der Waals surface area (Å²) >= 11 is 0. The van der Waals surface area contributed by atoms with Gasteiger partial charge >= 0.3 is 0 Å². The van der Waals surface area contributed by atoms with E-state index < -0.39 is 5.60 Å². The zero-order valence-electron chi connectivity index (χ0n) is 7.05. The highest BCUT2D eigenvalue weighted by atomic mass is 16.3. The Morgan fingerprint density at radius 2 is 2.27 bits per heavy atom. The lowest BCUT2D eigenvalue weighted by Crippen LogP contribution is -2.37. The minimum Gasteiger partial charge on any atom is -0.390 e. The van der Waals surface area contributed by atoms with Gasteiger partial charge in [-0.05, 0) is 13.3 Å². The molecule has 4 N–H and O–H groups in total. The Balaban J connectivity index is 3.80. The highest BCUT2D eigenvalue weighted by Gasteiger charge is 2.22. The van der Waals surface area contributed by atoms with E-state index in [0.29, 0.717) is 6.42 Å². The number of carbonyl (C=O) groups excluding carboxylic acids is 1.